The van der Waals surface area contributed by atoms with Crippen molar-refractivity contribution in [2.24, 2.45) is 10.7 Å². The molecule has 0 heterocycles. The maximum atomic E-state index is 10.9. The lowest BCUT2D eigenvalue weighted by molar-refractivity contribution is -0.138. The minimum absolute atomic E-state index is 0.481. The molecule has 4 heteroatoms. The SMILES string of the molecule is NCCC[C@H](N=Cc1ccccc1)C(=O)O. The summed E-state index contributed by atoms with van der Waals surface area (Å²) >= 11 is 0. The third kappa shape index (κ3) is 4.23. The summed E-state index contributed by atoms with van der Waals surface area (Å²) in [6, 6.07) is 8.74. The van der Waals surface area contributed by atoms with Crippen LogP contribution >= 0.6 is 0 Å². The molecule has 0 spiro atoms. The van der Waals surface area contributed by atoms with Crippen LogP contribution in [-0.4, -0.2) is 29.9 Å². The molecule has 0 radical (unpaired) electrons. The van der Waals surface area contributed by atoms with Crippen molar-refractivity contribution in [1.82, 2.24) is 0 Å². The van der Waals surface area contributed by atoms with E-state index >= 15 is 0 Å². The van der Waals surface area contributed by atoms with Crippen molar-refractivity contribution in [2.45, 2.75) is 18.9 Å². The van der Waals surface area contributed by atoms with Gasteiger partial charge in [0, 0.05) is 6.21 Å². The van der Waals surface area contributed by atoms with Gasteiger partial charge in [0.05, 0.1) is 0 Å². The summed E-state index contributed by atoms with van der Waals surface area (Å²) in [4.78, 5) is 14.9. The molecule has 4 nitrogen and oxygen atoms in total. The molecular formula is C12H16N2O2. The van der Waals surface area contributed by atoms with E-state index in [-0.39, 0.29) is 0 Å². The molecule has 0 aliphatic rings. The second-order valence-corrected chi connectivity index (χ2v) is 3.47. The first-order valence-corrected chi connectivity index (χ1v) is 5.25. The Morgan fingerprint density at radius 3 is 2.69 bits per heavy atom. The van der Waals surface area contributed by atoms with Crippen molar-refractivity contribution in [3.05, 3.63) is 35.9 Å². The average molecular weight is 220 g/mol. The zero-order valence-corrected chi connectivity index (χ0v) is 9.04. The van der Waals surface area contributed by atoms with Gasteiger partial charge in [0.25, 0.3) is 0 Å². The number of hydrogen-bond acceptors (Lipinski definition) is 3. The number of hydrogen-bond donors (Lipinski definition) is 2. The van der Waals surface area contributed by atoms with Gasteiger partial charge in [-0.3, -0.25) is 4.99 Å². The Morgan fingerprint density at radius 1 is 1.44 bits per heavy atom. The monoisotopic (exact) mass is 220 g/mol. The number of aliphatic carboxylic acids is 1. The summed E-state index contributed by atoms with van der Waals surface area (Å²) in [6.45, 7) is 0.491. The maximum Gasteiger partial charge on any atom is 0.328 e. The quantitative estimate of drug-likeness (QED) is 0.709. The molecule has 86 valence electrons. The topological polar surface area (TPSA) is 75.7 Å². The molecule has 0 fully saturated rings. The minimum atomic E-state index is -0.902. The van der Waals surface area contributed by atoms with E-state index in [0.29, 0.717) is 19.4 Å². The molecule has 0 saturated heterocycles. The van der Waals surface area contributed by atoms with Gasteiger partial charge >= 0.3 is 5.97 Å². The molecule has 0 saturated carbocycles. The van der Waals surface area contributed by atoms with E-state index < -0.39 is 12.0 Å². The number of carbonyl (C=O) groups is 1. The summed E-state index contributed by atoms with van der Waals surface area (Å²) in [5.74, 6) is -0.902. The fourth-order valence-electron chi connectivity index (χ4n) is 1.29. The van der Waals surface area contributed by atoms with E-state index in [2.05, 4.69) is 4.99 Å². The predicted molar refractivity (Wildman–Crippen MR) is 63.7 cm³/mol. The molecule has 0 bridgehead atoms. The van der Waals surface area contributed by atoms with Crippen LogP contribution in [0.3, 0.4) is 0 Å². The van der Waals surface area contributed by atoms with Crippen molar-refractivity contribution >= 4 is 12.2 Å². The molecule has 0 unspecified atom stereocenters. The smallest absolute Gasteiger partial charge is 0.328 e. The first-order chi connectivity index (χ1) is 7.74. The Bertz CT molecular complexity index is 349. The first-order valence-electron chi connectivity index (χ1n) is 5.25. The second-order valence-electron chi connectivity index (χ2n) is 3.47. The Kier molecular flexibility index (Phi) is 5.22. The van der Waals surface area contributed by atoms with E-state index in [4.69, 9.17) is 10.8 Å². The standard InChI is InChI=1S/C12H16N2O2/c13-8-4-7-11(12(15)16)14-9-10-5-2-1-3-6-10/h1-3,5-6,9,11H,4,7-8,13H2,(H,15,16)/t11-/m0/s1. The molecule has 0 aliphatic carbocycles. The zero-order chi connectivity index (χ0) is 11.8. The molecule has 1 aromatic rings. The third-order valence-electron chi connectivity index (χ3n) is 2.17. The summed E-state index contributed by atoms with van der Waals surface area (Å²) < 4.78 is 0. The number of nitrogens with two attached hydrogens (primary N) is 1. The van der Waals surface area contributed by atoms with Crippen LogP contribution < -0.4 is 5.73 Å². The fraction of sp³-hybridized carbons (Fsp3) is 0.333. The van der Waals surface area contributed by atoms with Gasteiger partial charge in [0.1, 0.15) is 6.04 Å². The van der Waals surface area contributed by atoms with Crippen LogP contribution in [-0.2, 0) is 4.79 Å². The van der Waals surface area contributed by atoms with E-state index in [1.807, 2.05) is 30.3 Å². The van der Waals surface area contributed by atoms with E-state index in [9.17, 15) is 4.79 Å². The van der Waals surface area contributed by atoms with Crippen LogP contribution in [0.25, 0.3) is 0 Å². The van der Waals surface area contributed by atoms with Crippen molar-refractivity contribution in [3.8, 4) is 0 Å². The molecule has 1 rings (SSSR count). The Morgan fingerprint density at radius 2 is 2.12 bits per heavy atom. The number of benzene rings is 1. The van der Waals surface area contributed by atoms with Crippen LogP contribution in [0, 0.1) is 0 Å². The predicted octanol–water partition coefficient (Wildman–Crippen LogP) is 1.30. The summed E-state index contributed by atoms with van der Waals surface area (Å²) in [6.07, 6.45) is 2.74. The van der Waals surface area contributed by atoms with Crippen LogP contribution in [0.5, 0.6) is 0 Å². The van der Waals surface area contributed by atoms with Gasteiger partial charge in [-0.05, 0) is 24.9 Å². The number of nitrogens with zero attached hydrogens (tertiary/aromatic N) is 1. The molecule has 0 aromatic heterocycles. The van der Waals surface area contributed by atoms with Crippen molar-refractivity contribution in [1.29, 1.82) is 0 Å². The fourth-order valence-corrected chi connectivity index (χ4v) is 1.29. The van der Waals surface area contributed by atoms with Crippen molar-refractivity contribution in [2.75, 3.05) is 6.54 Å². The number of rotatable bonds is 6. The van der Waals surface area contributed by atoms with Crippen molar-refractivity contribution < 1.29 is 9.90 Å². The van der Waals surface area contributed by atoms with Gasteiger partial charge < -0.3 is 10.8 Å². The summed E-state index contributed by atoms with van der Waals surface area (Å²) in [5.41, 5.74) is 6.24. The largest absolute Gasteiger partial charge is 0.480 e. The summed E-state index contributed by atoms with van der Waals surface area (Å²) in [7, 11) is 0. The van der Waals surface area contributed by atoms with Crippen molar-refractivity contribution in [3.63, 3.8) is 0 Å². The van der Waals surface area contributed by atoms with Gasteiger partial charge in [-0.1, -0.05) is 30.3 Å². The van der Waals surface area contributed by atoms with Gasteiger partial charge in [-0.15, -0.1) is 0 Å². The Hall–Kier alpha value is -1.68. The van der Waals surface area contributed by atoms with Gasteiger partial charge in [0.2, 0.25) is 0 Å². The van der Waals surface area contributed by atoms with Crippen LogP contribution in [0.2, 0.25) is 0 Å². The van der Waals surface area contributed by atoms with E-state index in [1.54, 1.807) is 6.21 Å². The average Bonchev–Trinajstić information content (AvgIpc) is 2.30. The molecule has 0 amide bonds. The maximum absolute atomic E-state index is 10.9. The number of aliphatic imine (C=N–C) groups is 1. The molecule has 1 atom stereocenters. The lowest BCUT2D eigenvalue weighted by Crippen LogP contribution is -2.19. The lowest BCUT2D eigenvalue weighted by Gasteiger charge is -2.05. The highest BCUT2D eigenvalue weighted by Crippen LogP contribution is 2.03. The highest BCUT2D eigenvalue weighted by Gasteiger charge is 2.13. The van der Waals surface area contributed by atoms with Gasteiger partial charge in [-0.2, -0.15) is 0 Å². The summed E-state index contributed by atoms with van der Waals surface area (Å²) in [5, 5.41) is 8.92. The molecular weight excluding hydrogens is 204 g/mol. The number of carboxylic acid groups (broad SMARTS) is 1. The third-order valence-corrected chi connectivity index (χ3v) is 2.17. The molecule has 0 aliphatic heterocycles. The Balaban J connectivity index is 2.61. The van der Waals surface area contributed by atoms with Crippen LogP contribution in [0.1, 0.15) is 18.4 Å². The molecule has 3 N–H and O–H groups in total. The van der Waals surface area contributed by atoms with Gasteiger partial charge in [0.15, 0.2) is 0 Å². The lowest BCUT2D eigenvalue weighted by atomic mass is 10.1. The number of carboxylic acids is 1. The highest BCUT2D eigenvalue weighted by atomic mass is 16.4. The highest BCUT2D eigenvalue weighted by molar-refractivity contribution is 5.83. The normalized spacial score (nSPS) is 12.8. The zero-order valence-electron chi connectivity index (χ0n) is 9.04. The molecule has 16 heavy (non-hydrogen) atoms. The second kappa shape index (κ2) is 6.74. The van der Waals surface area contributed by atoms with Crippen LogP contribution in [0.4, 0.5) is 0 Å². The van der Waals surface area contributed by atoms with E-state index in [1.165, 1.54) is 0 Å². The van der Waals surface area contributed by atoms with Gasteiger partial charge in [-0.25, -0.2) is 4.79 Å². The first kappa shape index (κ1) is 12.4. The van der Waals surface area contributed by atoms with E-state index in [0.717, 1.165) is 5.56 Å². The van der Waals surface area contributed by atoms with Crippen LogP contribution in [0.15, 0.2) is 35.3 Å². The minimum Gasteiger partial charge on any atom is -0.480 e. The molecule has 1 aromatic carbocycles. The Labute approximate surface area is 94.8 Å².